The van der Waals surface area contributed by atoms with E-state index in [-0.39, 0.29) is 17.7 Å². The van der Waals surface area contributed by atoms with Crippen molar-refractivity contribution in [1.82, 2.24) is 20.9 Å². The fraction of sp³-hybridized carbons (Fsp3) is 0.865. The van der Waals surface area contributed by atoms with E-state index in [1.165, 1.54) is 19.2 Å². The highest BCUT2D eigenvalue weighted by Crippen LogP contribution is 2.65. The fourth-order valence-corrected chi connectivity index (χ4v) is 6.85. The van der Waals surface area contributed by atoms with Gasteiger partial charge in [-0.1, -0.05) is 73.1 Å². The second-order valence-corrected chi connectivity index (χ2v) is 14.9. The Morgan fingerprint density at radius 3 is 2.31 bits per heavy atom. The number of likely N-dealkylation sites (tertiary alicyclic amines) is 1. The number of ketones is 2. The summed E-state index contributed by atoms with van der Waals surface area (Å²) in [7, 11) is -7.30. The third-order valence-corrected chi connectivity index (χ3v) is 10.4. The Morgan fingerprint density at radius 1 is 1.04 bits per heavy atom. The molecule has 4 aliphatic rings. The summed E-state index contributed by atoms with van der Waals surface area (Å²) in [6.07, 6.45) is -40.3. The molecule has 3 saturated carbocycles. The first kappa shape index (κ1) is 12.6. The van der Waals surface area contributed by atoms with Crippen molar-refractivity contribution in [1.29, 1.82) is 0 Å². The molecule has 49 heavy (non-hydrogen) atoms. The van der Waals surface area contributed by atoms with Crippen LogP contribution in [0.1, 0.15) is 184 Å². The lowest BCUT2D eigenvalue weighted by Crippen LogP contribution is -2.63. The standard InChI is InChI=1S/C37H62N4O7S/c1-10-11-15-23(29(43)31(44)38-24-16-17-24)20-26(42)28-27-25(36(27,8)9)21-41(28)32(45)30(34(2,3)4)39-33(46)40-37(18-13-12-14-19-37)22-49(47,48)35(5,6)7/h23-25,27-28,30H,10-22H2,1-9H3,(H,38,44)(H2,39,40,46)/t23-,25+,27+,28-,30-/m1/s1/i1D3,2D3,3D3,4D3,5D3,6D3,7D3,10D2,11D2,12D2,13D2,14D2,15D2,18D2,19D2,23D. The second-order valence-electron chi connectivity index (χ2n) is 12.8. The van der Waals surface area contributed by atoms with Crippen molar-refractivity contribution < 1.29 is 84.5 Å². The van der Waals surface area contributed by atoms with E-state index in [2.05, 4.69) is 0 Å². The van der Waals surface area contributed by atoms with Gasteiger partial charge in [0.25, 0.3) is 5.91 Å². The molecule has 4 rings (SSSR count). The molecular weight excluding hydrogens is 644 g/mol. The summed E-state index contributed by atoms with van der Waals surface area (Å²) in [5, 5.41) is 4.26. The average molecular weight is 745 g/mol. The molecule has 3 N–H and O–H groups in total. The molecule has 1 saturated heterocycles. The smallest absolute Gasteiger partial charge is 0.315 e. The highest BCUT2D eigenvalue weighted by atomic mass is 32.2. The minimum atomic E-state index is -7.30. The molecule has 0 bridgehead atoms. The number of Topliss-reactive ketones (excluding diaryl/α,β-unsaturated/α-hetero) is 2. The van der Waals surface area contributed by atoms with E-state index >= 15 is 14.4 Å². The Hall–Kier alpha value is -2.50. The number of fused-ring (bicyclic) bond motifs is 1. The maximum Gasteiger partial charge on any atom is 0.315 e. The van der Waals surface area contributed by atoms with Crippen LogP contribution in [0.15, 0.2) is 0 Å². The number of urea groups is 1. The molecule has 0 aromatic heterocycles. The Balaban J connectivity index is 2.18. The highest BCUT2D eigenvalue weighted by molar-refractivity contribution is 7.92. The van der Waals surface area contributed by atoms with Crippen LogP contribution in [0, 0.1) is 28.6 Å². The SMILES string of the molecule is [2H]C([2H])([2H])C([2H])([2H])C([2H])([2H])C([2H])([2H])[C@]([2H])(CC(=O)[C@@H]1[C@@H]2[C@H](CN1C(=O)[C@@H](NC(=O)NC1(CS(=O)(=O)C(C([2H])([2H])[2H])(C([2H])([2H])[2H])C([2H])([2H])[2H])C([2H])([2H])C([2H])([2H])C([2H])([2H])C([2H])([2H])C1([2H])[2H])C(C([2H])([2H])[2H])(C([2H])([2H])[2H])C([2H])([2H])[2H])C2(C)C)C(=O)C(=O)NC1CC1. The summed E-state index contributed by atoms with van der Waals surface area (Å²) in [6.45, 7) is -31.8. The van der Waals surface area contributed by atoms with E-state index < -0.39 is 214 Å². The Kier molecular flexibility index (Phi) is 3.66. The molecule has 12 heteroatoms. The van der Waals surface area contributed by atoms with Crippen molar-refractivity contribution in [2.45, 2.75) is 160 Å². The quantitative estimate of drug-likeness (QED) is 0.217. The second kappa shape index (κ2) is 14.3. The minimum absolute atomic E-state index is 0.0371. The summed E-state index contributed by atoms with van der Waals surface area (Å²) < 4.78 is 343. The summed E-state index contributed by atoms with van der Waals surface area (Å²) in [5.41, 5.74) is -11.4. The van der Waals surface area contributed by atoms with E-state index in [1.54, 1.807) is 0 Å². The zero-order chi connectivity index (χ0) is 69.5. The topological polar surface area (TPSA) is 159 Å². The van der Waals surface area contributed by atoms with Crippen LogP contribution in [0.4, 0.5) is 4.79 Å². The lowest BCUT2D eigenvalue weighted by molar-refractivity contribution is -0.145. The first-order valence-electron chi connectivity index (χ1n) is 33.6. The summed E-state index contributed by atoms with van der Waals surface area (Å²) in [6, 6.07) is -10.4. The Morgan fingerprint density at radius 2 is 1.71 bits per heavy atom. The van der Waals surface area contributed by atoms with Crippen molar-refractivity contribution in [2.24, 2.45) is 28.6 Å². The van der Waals surface area contributed by atoms with Crippen LogP contribution < -0.4 is 16.0 Å². The number of hydrogen-bond acceptors (Lipinski definition) is 7. The number of nitrogens with zero attached hydrogens (tertiary/aromatic N) is 1. The molecule has 1 aliphatic heterocycles. The van der Waals surface area contributed by atoms with Crippen LogP contribution in [-0.4, -0.2) is 83.4 Å². The number of hydrogen-bond donors (Lipinski definition) is 3. The monoisotopic (exact) mass is 745 g/mol. The van der Waals surface area contributed by atoms with E-state index in [0.29, 0.717) is 0 Å². The van der Waals surface area contributed by atoms with Crippen LogP contribution in [0.2, 0.25) is 0 Å². The molecule has 0 aromatic carbocycles. The predicted molar refractivity (Wildman–Crippen MR) is 189 cm³/mol. The molecule has 4 fully saturated rings. The molecule has 278 valence electrons. The summed E-state index contributed by atoms with van der Waals surface area (Å²) in [4.78, 5) is 73.5. The largest absolute Gasteiger partial charge is 0.347 e. The maximum absolute atomic E-state index is 15.7. The lowest BCUT2D eigenvalue weighted by Gasteiger charge is -2.41. The van der Waals surface area contributed by atoms with Gasteiger partial charge in [0.2, 0.25) is 11.7 Å². The first-order chi connectivity index (χ1) is 37.6. The van der Waals surface area contributed by atoms with Gasteiger partial charge in [-0.3, -0.25) is 19.2 Å². The molecular formula is C37H62N4O7S. The van der Waals surface area contributed by atoms with Crippen molar-refractivity contribution in [3.63, 3.8) is 0 Å². The van der Waals surface area contributed by atoms with Gasteiger partial charge in [0.15, 0.2) is 15.6 Å². The van der Waals surface area contributed by atoms with Crippen LogP contribution >= 0.6 is 0 Å². The van der Waals surface area contributed by atoms with Gasteiger partial charge in [-0.2, -0.15) is 0 Å². The Bertz CT molecular complexity index is 2770. The lowest BCUT2D eigenvalue weighted by atomic mass is 9.83. The number of amides is 4. The first-order valence-corrected chi connectivity index (χ1v) is 16.3. The van der Waals surface area contributed by atoms with Crippen molar-refractivity contribution in [3.8, 4) is 0 Å². The van der Waals surface area contributed by atoms with Gasteiger partial charge in [-0.15, -0.1) is 0 Å². The molecule has 11 nitrogen and oxygen atoms in total. The predicted octanol–water partition coefficient (Wildman–Crippen LogP) is 4.71. The van der Waals surface area contributed by atoms with Gasteiger partial charge < -0.3 is 20.9 Å². The van der Waals surface area contributed by atoms with Gasteiger partial charge in [0.05, 0.1) is 22.1 Å². The summed E-state index contributed by atoms with van der Waals surface area (Å²) >= 11 is 0. The molecule has 5 atom stereocenters. The van der Waals surface area contributed by atoms with Gasteiger partial charge >= 0.3 is 6.03 Å². The van der Waals surface area contributed by atoms with E-state index in [1.807, 2.05) is 5.32 Å². The van der Waals surface area contributed by atoms with Gasteiger partial charge in [-0.05, 0) is 75.2 Å². The zero-order valence-electron chi connectivity index (χ0n) is 64.1. The number of carbonyl (C=O) groups excluding carboxylic acids is 5. The van der Waals surface area contributed by atoms with E-state index in [9.17, 15) is 19.4 Å². The average Bonchev–Trinajstić information content (AvgIpc) is 1.24. The van der Waals surface area contributed by atoms with E-state index in [4.69, 9.17) is 50.7 Å². The number of rotatable bonds is 14. The highest BCUT2D eigenvalue weighted by Gasteiger charge is 2.69. The maximum atomic E-state index is 15.7. The summed E-state index contributed by atoms with van der Waals surface area (Å²) in [5.74, 6) is -19.0. The number of sulfone groups is 1. The van der Waals surface area contributed by atoms with Crippen LogP contribution in [-0.2, 0) is 29.0 Å². The van der Waals surface area contributed by atoms with Gasteiger partial charge in [0.1, 0.15) is 6.04 Å². The molecule has 0 aromatic rings. The minimum Gasteiger partial charge on any atom is -0.347 e. The van der Waals surface area contributed by atoms with Gasteiger partial charge in [0, 0.05) is 77.0 Å². The number of carbonyl (C=O) groups is 5. The molecule has 4 amide bonds. The normalized spacial score (nSPS) is 45.8. The van der Waals surface area contributed by atoms with Crippen molar-refractivity contribution >= 4 is 39.2 Å². The van der Waals surface area contributed by atoms with E-state index in [0.717, 1.165) is 5.32 Å². The van der Waals surface area contributed by atoms with Crippen LogP contribution in [0.25, 0.3) is 0 Å². The third kappa shape index (κ3) is 8.87. The molecule has 1 heterocycles. The van der Waals surface area contributed by atoms with Crippen LogP contribution in [0.3, 0.4) is 0 Å². The fourth-order valence-electron chi connectivity index (χ4n) is 5.85. The molecule has 0 unspecified atom stereocenters. The Labute approximate surface area is 347 Å². The van der Waals surface area contributed by atoms with Crippen LogP contribution in [0.5, 0.6) is 0 Å². The van der Waals surface area contributed by atoms with Crippen molar-refractivity contribution in [3.05, 3.63) is 0 Å². The van der Waals surface area contributed by atoms with Gasteiger partial charge in [-0.25, -0.2) is 13.2 Å². The number of piperidine rings is 1. The molecule has 0 spiro atoms. The number of nitrogens with one attached hydrogen (secondary N) is 3. The molecule has 3 aliphatic carbocycles. The third-order valence-electron chi connectivity index (χ3n) is 8.67. The molecule has 0 radical (unpaired) electrons. The zero-order valence-corrected chi connectivity index (χ0v) is 27.0. The van der Waals surface area contributed by atoms with Crippen molar-refractivity contribution in [2.75, 3.05) is 12.3 Å².